The summed E-state index contributed by atoms with van der Waals surface area (Å²) in [5.41, 5.74) is 1.05. The van der Waals surface area contributed by atoms with E-state index in [1.54, 1.807) is 6.20 Å². The van der Waals surface area contributed by atoms with Crippen LogP contribution < -0.4 is 15.4 Å². The Morgan fingerprint density at radius 2 is 2.17 bits per heavy atom. The highest BCUT2D eigenvalue weighted by atomic mass is 16.5. The summed E-state index contributed by atoms with van der Waals surface area (Å²) in [6, 6.07) is 3.87. The average molecular weight is 316 g/mol. The lowest BCUT2D eigenvalue weighted by molar-refractivity contribution is 0.185. The minimum absolute atomic E-state index is 0.149. The monoisotopic (exact) mass is 316 g/mol. The molecule has 1 aromatic rings. The van der Waals surface area contributed by atoms with Crippen molar-refractivity contribution in [2.75, 3.05) is 13.1 Å². The lowest BCUT2D eigenvalue weighted by atomic mass is 10.1. The van der Waals surface area contributed by atoms with E-state index >= 15 is 0 Å². The SMILES string of the molecule is C#CCNC(=NCc1ccnc(OC(C)CC(C)C)c1)NCC. The number of guanidine groups is 1. The molecule has 0 saturated carbocycles. The van der Waals surface area contributed by atoms with Crippen molar-refractivity contribution in [1.82, 2.24) is 15.6 Å². The zero-order valence-corrected chi connectivity index (χ0v) is 14.6. The summed E-state index contributed by atoms with van der Waals surface area (Å²) in [5, 5.41) is 6.22. The van der Waals surface area contributed by atoms with Crippen LogP contribution in [0.15, 0.2) is 23.3 Å². The molecule has 126 valence electrons. The molecule has 5 heteroatoms. The Morgan fingerprint density at radius 1 is 1.39 bits per heavy atom. The molecule has 0 aliphatic rings. The Morgan fingerprint density at radius 3 is 2.83 bits per heavy atom. The van der Waals surface area contributed by atoms with Crippen LogP contribution in [0.3, 0.4) is 0 Å². The van der Waals surface area contributed by atoms with E-state index in [1.807, 2.05) is 19.1 Å². The van der Waals surface area contributed by atoms with Gasteiger partial charge in [-0.3, -0.25) is 0 Å². The number of terminal acetylenes is 1. The quantitative estimate of drug-likeness (QED) is 0.440. The highest BCUT2D eigenvalue weighted by molar-refractivity contribution is 5.79. The van der Waals surface area contributed by atoms with Crippen molar-refractivity contribution in [3.05, 3.63) is 23.9 Å². The van der Waals surface area contributed by atoms with Gasteiger partial charge in [-0.05, 0) is 37.8 Å². The van der Waals surface area contributed by atoms with Crippen LogP contribution in [-0.4, -0.2) is 30.1 Å². The van der Waals surface area contributed by atoms with E-state index in [4.69, 9.17) is 11.2 Å². The molecule has 1 atom stereocenters. The highest BCUT2D eigenvalue weighted by Gasteiger charge is 2.08. The summed E-state index contributed by atoms with van der Waals surface area (Å²) in [6.07, 6.45) is 8.17. The normalized spacial score (nSPS) is 12.6. The lowest BCUT2D eigenvalue weighted by Crippen LogP contribution is -2.37. The van der Waals surface area contributed by atoms with Crippen molar-refractivity contribution in [1.29, 1.82) is 0 Å². The van der Waals surface area contributed by atoms with Gasteiger partial charge in [-0.15, -0.1) is 6.42 Å². The Bertz CT molecular complexity index is 534. The third kappa shape index (κ3) is 8.10. The first kappa shape index (κ1) is 18.8. The molecule has 0 saturated heterocycles. The molecule has 0 radical (unpaired) electrons. The zero-order valence-electron chi connectivity index (χ0n) is 14.6. The molecule has 0 aromatic carbocycles. The molecular formula is C18H28N4O. The maximum Gasteiger partial charge on any atom is 0.213 e. The van der Waals surface area contributed by atoms with Crippen LogP contribution in [0.4, 0.5) is 0 Å². The van der Waals surface area contributed by atoms with E-state index in [-0.39, 0.29) is 6.10 Å². The Balaban J connectivity index is 2.66. The van der Waals surface area contributed by atoms with E-state index in [0.717, 1.165) is 18.5 Å². The van der Waals surface area contributed by atoms with Gasteiger partial charge in [-0.1, -0.05) is 19.8 Å². The van der Waals surface area contributed by atoms with Gasteiger partial charge >= 0.3 is 0 Å². The fourth-order valence-electron chi connectivity index (χ4n) is 2.18. The molecule has 0 aliphatic carbocycles. The zero-order chi connectivity index (χ0) is 17.1. The van der Waals surface area contributed by atoms with Crippen molar-refractivity contribution < 1.29 is 4.74 Å². The molecule has 1 rings (SSSR count). The van der Waals surface area contributed by atoms with Gasteiger partial charge in [0.15, 0.2) is 5.96 Å². The topological polar surface area (TPSA) is 58.5 Å². The highest BCUT2D eigenvalue weighted by Crippen LogP contribution is 2.15. The van der Waals surface area contributed by atoms with E-state index in [1.165, 1.54) is 0 Å². The lowest BCUT2D eigenvalue weighted by Gasteiger charge is -2.16. The number of nitrogens with one attached hydrogen (secondary N) is 2. The van der Waals surface area contributed by atoms with Crippen molar-refractivity contribution in [3.8, 4) is 18.2 Å². The van der Waals surface area contributed by atoms with Gasteiger partial charge in [0, 0.05) is 18.8 Å². The Hall–Kier alpha value is -2.22. The van der Waals surface area contributed by atoms with Crippen LogP contribution in [0, 0.1) is 18.3 Å². The molecule has 0 fully saturated rings. The minimum atomic E-state index is 0.149. The number of aromatic nitrogens is 1. The average Bonchev–Trinajstić information content (AvgIpc) is 2.49. The predicted octanol–water partition coefficient (Wildman–Crippen LogP) is 2.58. The van der Waals surface area contributed by atoms with Gasteiger partial charge in [0.05, 0.1) is 19.2 Å². The molecule has 0 aliphatic heterocycles. The number of pyridine rings is 1. The smallest absolute Gasteiger partial charge is 0.213 e. The molecular weight excluding hydrogens is 288 g/mol. The summed E-state index contributed by atoms with van der Waals surface area (Å²) in [4.78, 5) is 8.78. The van der Waals surface area contributed by atoms with Crippen LogP contribution in [0.5, 0.6) is 5.88 Å². The van der Waals surface area contributed by atoms with Crippen LogP contribution >= 0.6 is 0 Å². The molecule has 0 bridgehead atoms. The van der Waals surface area contributed by atoms with Gasteiger partial charge in [-0.2, -0.15) is 0 Å². The first-order valence-electron chi connectivity index (χ1n) is 8.12. The number of nitrogens with zero attached hydrogens (tertiary/aromatic N) is 2. The first-order chi connectivity index (χ1) is 11.0. The summed E-state index contributed by atoms with van der Waals surface area (Å²) in [6.45, 7) is 10.2. The minimum Gasteiger partial charge on any atom is -0.475 e. The molecule has 23 heavy (non-hydrogen) atoms. The summed E-state index contributed by atoms with van der Waals surface area (Å²) in [7, 11) is 0. The summed E-state index contributed by atoms with van der Waals surface area (Å²) in [5.74, 6) is 4.49. The van der Waals surface area contributed by atoms with Gasteiger partial charge in [-0.25, -0.2) is 9.98 Å². The fraction of sp³-hybridized carbons (Fsp3) is 0.556. The molecule has 5 nitrogen and oxygen atoms in total. The Labute approximate surface area is 140 Å². The van der Waals surface area contributed by atoms with Crippen molar-refractivity contribution in [2.45, 2.75) is 46.8 Å². The van der Waals surface area contributed by atoms with Gasteiger partial charge in [0.25, 0.3) is 0 Å². The second-order valence-corrected chi connectivity index (χ2v) is 5.81. The van der Waals surface area contributed by atoms with Gasteiger partial charge in [0.1, 0.15) is 0 Å². The van der Waals surface area contributed by atoms with Crippen LogP contribution in [0.2, 0.25) is 0 Å². The largest absolute Gasteiger partial charge is 0.475 e. The standard InChI is InChI=1S/C18H28N4O/c1-6-9-21-18(19-7-2)22-13-16-8-10-20-17(12-16)23-15(5)11-14(3)4/h1,8,10,12,14-15H,7,9,11,13H2,2-5H3,(H2,19,21,22). The van der Waals surface area contributed by atoms with Gasteiger partial charge < -0.3 is 15.4 Å². The van der Waals surface area contributed by atoms with E-state index in [0.29, 0.717) is 30.8 Å². The number of rotatable bonds is 8. The maximum absolute atomic E-state index is 5.87. The molecule has 0 amide bonds. The maximum atomic E-state index is 5.87. The number of hydrogen-bond acceptors (Lipinski definition) is 3. The second kappa shape index (κ2) is 10.5. The molecule has 1 aromatic heterocycles. The number of hydrogen-bond donors (Lipinski definition) is 2. The first-order valence-corrected chi connectivity index (χ1v) is 8.12. The van der Waals surface area contributed by atoms with Crippen molar-refractivity contribution in [3.63, 3.8) is 0 Å². The fourth-order valence-corrected chi connectivity index (χ4v) is 2.18. The molecule has 2 N–H and O–H groups in total. The molecule has 1 unspecified atom stereocenters. The summed E-state index contributed by atoms with van der Waals surface area (Å²) >= 11 is 0. The third-order valence-electron chi connectivity index (χ3n) is 3.05. The van der Waals surface area contributed by atoms with Gasteiger partial charge in [0.2, 0.25) is 5.88 Å². The second-order valence-electron chi connectivity index (χ2n) is 5.81. The van der Waals surface area contributed by atoms with Crippen molar-refractivity contribution in [2.24, 2.45) is 10.9 Å². The van der Waals surface area contributed by atoms with Crippen molar-refractivity contribution >= 4 is 5.96 Å². The van der Waals surface area contributed by atoms with E-state index in [2.05, 4.69) is 47.3 Å². The third-order valence-corrected chi connectivity index (χ3v) is 3.05. The van der Waals surface area contributed by atoms with Crippen LogP contribution in [0.1, 0.15) is 39.7 Å². The van der Waals surface area contributed by atoms with Crippen LogP contribution in [-0.2, 0) is 6.54 Å². The van der Waals surface area contributed by atoms with E-state index in [9.17, 15) is 0 Å². The molecule has 0 spiro atoms. The molecule has 1 heterocycles. The summed E-state index contributed by atoms with van der Waals surface area (Å²) < 4.78 is 5.87. The van der Waals surface area contributed by atoms with Crippen LogP contribution in [0.25, 0.3) is 0 Å². The van der Waals surface area contributed by atoms with E-state index < -0.39 is 0 Å². The number of aliphatic imine (C=N–C) groups is 1. The number of ether oxygens (including phenoxy) is 1. The predicted molar refractivity (Wildman–Crippen MR) is 95.4 cm³/mol. The Kier molecular flexibility index (Phi) is 8.59.